The smallest absolute Gasteiger partial charge is 0.222 e. The lowest BCUT2D eigenvalue weighted by atomic mass is 9.92. The number of carbonyl (C=O) groups is 1. The molecule has 126 valence electrons. The molecule has 2 fully saturated rings. The van der Waals surface area contributed by atoms with E-state index in [2.05, 4.69) is 12.1 Å². The van der Waals surface area contributed by atoms with E-state index in [4.69, 9.17) is 9.47 Å². The van der Waals surface area contributed by atoms with Crippen LogP contribution in [0, 0.1) is 0 Å². The van der Waals surface area contributed by atoms with E-state index in [0.29, 0.717) is 19.6 Å². The van der Waals surface area contributed by atoms with Crippen LogP contribution in [0.2, 0.25) is 0 Å². The van der Waals surface area contributed by atoms with Crippen LogP contribution in [0.25, 0.3) is 0 Å². The number of benzene rings is 1. The molecule has 0 aromatic heterocycles. The molecule has 1 aromatic rings. The van der Waals surface area contributed by atoms with Gasteiger partial charge in [0.2, 0.25) is 5.91 Å². The SMILES string of the molecule is O=C1CCC2(CCCO2)CCN1CCCOCc1ccccc1. The summed E-state index contributed by atoms with van der Waals surface area (Å²) in [5.74, 6) is 0.278. The van der Waals surface area contributed by atoms with Gasteiger partial charge in [-0.05, 0) is 37.7 Å². The van der Waals surface area contributed by atoms with E-state index in [1.54, 1.807) is 0 Å². The number of nitrogens with zero attached hydrogens (tertiary/aromatic N) is 1. The normalized spacial score (nSPS) is 25.0. The van der Waals surface area contributed by atoms with Crippen LogP contribution in [0.5, 0.6) is 0 Å². The Morgan fingerprint density at radius 2 is 2.04 bits per heavy atom. The summed E-state index contributed by atoms with van der Waals surface area (Å²) < 4.78 is 11.7. The van der Waals surface area contributed by atoms with E-state index in [0.717, 1.165) is 51.8 Å². The number of hydrogen-bond acceptors (Lipinski definition) is 3. The van der Waals surface area contributed by atoms with Gasteiger partial charge in [0.1, 0.15) is 0 Å². The molecule has 1 aromatic carbocycles. The van der Waals surface area contributed by atoms with Gasteiger partial charge in [-0.25, -0.2) is 0 Å². The molecule has 2 heterocycles. The van der Waals surface area contributed by atoms with Gasteiger partial charge in [0.25, 0.3) is 0 Å². The molecule has 0 saturated carbocycles. The van der Waals surface area contributed by atoms with E-state index in [9.17, 15) is 4.79 Å². The van der Waals surface area contributed by atoms with Crippen molar-refractivity contribution in [1.29, 1.82) is 0 Å². The maximum absolute atomic E-state index is 12.3. The molecule has 2 aliphatic heterocycles. The minimum Gasteiger partial charge on any atom is -0.377 e. The molecule has 4 heteroatoms. The standard InChI is InChI=1S/C19H27NO3/c21-18-8-10-19(9-4-15-23-19)11-13-20(18)12-5-14-22-16-17-6-2-1-3-7-17/h1-3,6-7H,4-5,8-16H2. The molecular formula is C19H27NO3. The van der Waals surface area contributed by atoms with Gasteiger partial charge >= 0.3 is 0 Å². The van der Waals surface area contributed by atoms with Crippen LogP contribution in [-0.4, -0.2) is 42.7 Å². The topological polar surface area (TPSA) is 38.8 Å². The highest BCUT2D eigenvalue weighted by atomic mass is 16.5. The molecule has 3 rings (SSSR count). The summed E-state index contributed by atoms with van der Waals surface area (Å²) in [5.41, 5.74) is 1.19. The van der Waals surface area contributed by atoms with Crippen molar-refractivity contribution in [3.8, 4) is 0 Å². The van der Waals surface area contributed by atoms with Gasteiger partial charge in [-0.2, -0.15) is 0 Å². The summed E-state index contributed by atoms with van der Waals surface area (Å²) >= 11 is 0. The van der Waals surface area contributed by atoms with Crippen molar-refractivity contribution >= 4 is 5.91 Å². The first kappa shape index (κ1) is 16.5. The Morgan fingerprint density at radius 1 is 1.17 bits per heavy atom. The Bertz CT molecular complexity index is 497. The average molecular weight is 317 g/mol. The summed E-state index contributed by atoms with van der Waals surface area (Å²) in [5, 5.41) is 0. The molecular weight excluding hydrogens is 290 g/mol. The summed E-state index contributed by atoms with van der Waals surface area (Å²) in [7, 11) is 0. The highest BCUT2D eigenvalue weighted by Crippen LogP contribution is 2.35. The first-order valence-corrected chi connectivity index (χ1v) is 8.81. The zero-order valence-corrected chi connectivity index (χ0v) is 13.8. The molecule has 1 amide bonds. The molecule has 0 N–H and O–H groups in total. The van der Waals surface area contributed by atoms with Crippen LogP contribution in [0.4, 0.5) is 0 Å². The second kappa shape index (κ2) is 7.93. The fraction of sp³-hybridized carbons (Fsp3) is 0.632. The van der Waals surface area contributed by atoms with Gasteiger partial charge in [-0.1, -0.05) is 30.3 Å². The molecule has 0 bridgehead atoms. The third-order valence-electron chi connectivity index (χ3n) is 5.00. The number of rotatable bonds is 6. The van der Waals surface area contributed by atoms with Crippen molar-refractivity contribution in [2.75, 3.05) is 26.3 Å². The van der Waals surface area contributed by atoms with Gasteiger partial charge in [0.15, 0.2) is 0 Å². The largest absolute Gasteiger partial charge is 0.377 e. The summed E-state index contributed by atoms with van der Waals surface area (Å²) in [6, 6.07) is 10.2. The quantitative estimate of drug-likeness (QED) is 0.757. The third kappa shape index (κ3) is 4.55. The Labute approximate surface area is 138 Å². The number of likely N-dealkylation sites (tertiary alicyclic amines) is 1. The van der Waals surface area contributed by atoms with Crippen molar-refractivity contribution in [1.82, 2.24) is 4.90 Å². The van der Waals surface area contributed by atoms with Crippen LogP contribution >= 0.6 is 0 Å². The Hall–Kier alpha value is -1.39. The van der Waals surface area contributed by atoms with Gasteiger partial charge in [-0.15, -0.1) is 0 Å². The maximum Gasteiger partial charge on any atom is 0.222 e. The van der Waals surface area contributed by atoms with Crippen molar-refractivity contribution in [2.24, 2.45) is 0 Å². The fourth-order valence-electron chi connectivity index (χ4n) is 3.59. The van der Waals surface area contributed by atoms with Gasteiger partial charge in [0.05, 0.1) is 12.2 Å². The highest BCUT2D eigenvalue weighted by Gasteiger charge is 2.38. The highest BCUT2D eigenvalue weighted by molar-refractivity contribution is 5.76. The molecule has 1 atom stereocenters. The van der Waals surface area contributed by atoms with Crippen molar-refractivity contribution in [2.45, 2.75) is 50.7 Å². The minimum absolute atomic E-state index is 0.00573. The average Bonchev–Trinajstić information content (AvgIpc) is 2.99. The van der Waals surface area contributed by atoms with Crippen molar-refractivity contribution < 1.29 is 14.3 Å². The maximum atomic E-state index is 12.3. The summed E-state index contributed by atoms with van der Waals surface area (Å²) in [4.78, 5) is 14.3. The number of hydrogen-bond donors (Lipinski definition) is 0. The van der Waals surface area contributed by atoms with Crippen LogP contribution < -0.4 is 0 Å². The molecule has 1 spiro atoms. The van der Waals surface area contributed by atoms with Crippen LogP contribution in [0.1, 0.15) is 44.1 Å². The van der Waals surface area contributed by atoms with Crippen molar-refractivity contribution in [3.63, 3.8) is 0 Å². The molecule has 23 heavy (non-hydrogen) atoms. The van der Waals surface area contributed by atoms with Gasteiger partial charge < -0.3 is 14.4 Å². The number of ether oxygens (including phenoxy) is 2. The molecule has 2 aliphatic rings. The Balaban J connectivity index is 1.37. The van der Waals surface area contributed by atoms with E-state index in [1.807, 2.05) is 23.1 Å². The van der Waals surface area contributed by atoms with Gasteiger partial charge in [0, 0.05) is 32.7 Å². The predicted octanol–water partition coefficient (Wildman–Crippen LogP) is 3.16. The molecule has 4 nitrogen and oxygen atoms in total. The number of amides is 1. The number of carbonyl (C=O) groups excluding carboxylic acids is 1. The third-order valence-corrected chi connectivity index (χ3v) is 5.00. The van der Waals surface area contributed by atoms with E-state index in [-0.39, 0.29) is 11.5 Å². The first-order valence-electron chi connectivity index (χ1n) is 8.81. The lowest BCUT2D eigenvalue weighted by Gasteiger charge is -2.26. The van der Waals surface area contributed by atoms with Crippen LogP contribution in [-0.2, 0) is 20.9 Å². The minimum atomic E-state index is -0.00573. The fourth-order valence-corrected chi connectivity index (χ4v) is 3.59. The second-order valence-corrected chi connectivity index (χ2v) is 6.66. The molecule has 1 unspecified atom stereocenters. The Kier molecular flexibility index (Phi) is 5.68. The predicted molar refractivity (Wildman–Crippen MR) is 89.1 cm³/mol. The second-order valence-electron chi connectivity index (χ2n) is 6.66. The van der Waals surface area contributed by atoms with Crippen LogP contribution in [0.15, 0.2) is 30.3 Å². The lowest BCUT2D eigenvalue weighted by molar-refractivity contribution is -0.131. The molecule has 2 saturated heterocycles. The zero-order chi connectivity index (χ0) is 16.0. The first-order chi connectivity index (χ1) is 11.3. The Morgan fingerprint density at radius 3 is 2.83 bits per heavy atom. The van der Waals surface area contributed by atoms with Crippen molar-refractivity contribution in [3.05, 3.63) is 35.9 Å². The lowest BCUT2D eigenvalue weighted by Crippen LogP contribution is -2.33. The van der Waals surface area contributed by atoms with Crippen LogP contribution in [0.3, 0.4) is 0 Å². The summed E-state index contributed by atoms with van der Waals surface area (Å²) in [6.45, 7) is 3.83. The van der Waals surface area contributed by atoms with E-state index >= 15 is 0 Å². The van der Waals surface area contributed by atoms with E-state index in [1.165, 1.54) is 5.56 Å². The molecule has 0 aliphatic carbocycles. The van der Waals surface area contributed by atoms with E-state index < -0.39 is 0 Å². The monoisotopic (exact) mass is 317 g/mol. The van der Waals surface area contributed by atoms with Gasteiger partial charge in [-0.3, -0.25) is 4.79 Å². The zero-order valence-electron chi connectivity index (χ0n) is 13.8. The molecule has 0 radical (unpaired) electrons. The summed E-state index contributed by atoms with van der Waals surface area (Å²) in [6.07, 6.45) is 5.67.